The van der Waals surface area contributed by atoms with Crippen LogP contribution in [-0.2, 0) is 0 Å². The molecule has 0 radical (unpaired) electrons. The van der Waals surface area contributed by atoms with Crippen LogP contribution in [0.1, 0.15) is 26.0 Å². The molecule has 0 spiro atoms. The van der Waals surface area contributed by atoms with Crippen LogP contribution in [0, 0.1) is 17.0 Å². The highest BCUT2D eigenvalue weighted by Crippen LogP contribution is 2.25. The van der Waals surface area contributed by atoms with Gasteiger partial charge in [-0.3, -0.25) is 10.1 Å². The number of nitro groups is 1. The Hall–Kier alpha value is -1.96. The summed E-state index contributed by atoms with van der Waals surface area (Å²) in [6, 6.07) is 0. The number of nitrogen functional groups attached to an aromatic ring is 1. The van der Waals surface area contributed by atoms with Crippen molar-refractivity contribution in [1.29, 1.82) is 0 Å². The average Bonchev–Trinajstić information content (AvgIpc) is 2.37. The molecule has 0 aliphatic rings. The van der Waals surface area contributed by atoms with Crippen LogP contribution < -0.4 is 11.1 Å². The number of nitrogens with one attached hydrogen (secondary N) is 1. The molecule has 112 valence electrons. The Morgan fingerprint density at radius 2 is 2.00 bits per heavy atom. The molecule has 20 heavy (non-hydrogen) atoms. The number of rotatable bonds is 8. The van der Waals surface area contributed by atoms with Crippen molar-refractivity contribution < 1.29 is 4.92 Å². The average molecular weight is 282 g/mol. The van der Waals surface area contributed by atoms with Gasteiger partial charge in [0.25, 0.3) is 0 Å². The summed E-state index contributed by atoms with van der Waals surface area (Å²) in [5, 5.41) is 14.0. The van der Waals surface area contributed by atoms with E-state index in [0.29, 0.717) is 6.54 Å². The van der Waals surface area contributed by atoms with E-state index in [2.05, 4.69) is 34.0 Å². The minimum atomic E-state index is -0.485. The molecule has 0 aliphatic heterocycles. The van der Waals surface area contributed by atoms with Gasteiger partial charge in [0, 0.05) is 6.54 Å². The van der Waals surface area contributed by atoms with E-state index in [0.717, 1.165) is 26.1 Å². The van der Waals surface area contributed by atoms with Gasteiger partial charge >= 0.3 is 5.69 Å². The molecule has 3 N–H and O–H groups in total. The molecule has 8 heteroatoms. The monoisotopic (exact) mass is 282 g/mol. The molecule has 0 atom stereocenters. The van der Waals surface area contributed by atoms with Gasteiger partial charge in [0.1, 0.15) is 5.69 Å². The summed E-state index contributed by atoms with van der Waals surface area (Å²) < 4.78 is 0. The Balaban J connectivity index is 2.66. The molecule has 0 saturated carbocycles. The molecule has 1 aromatic heterocycles. The van der Waals surface area contributed by atoms with Crippen LogP contribution in [0.2, 0.25) is 0 Å². The van der Waals surface area contributed by atoms with Crippen molar-refractivity contribution in [2.45, 2.75) is 27.2 Å². The van der Waals surface area contributed by atoms with E-state index in [1.54, 1.807) is 6.92 Å². The number of hydrogen-bond donors (Lipinski definition) is 2. The molecule has 0 aromatic carbocycles. The Bertz CT molecular complexity index is 462. The van der Waals surface area contributed by atoms with Gasteiger partial charge in [-0.25, -0.2) is 4.98 Å². The van der Waals surface area contributed by atoms with Gasteiger partial charge in [0.2, 0.25) is 11.8 Å². The van der Waals surface area contributed by atoms with Crippen LogP contribution in [-0.4, -0.2) is 46.0 Å². The van der Waals surface area contributed by atoms with Crippen molar-refractivity contribution in [3.8, 4) is 0 Å². The topological polar surface area (TPSA) is 110 Å². The van der Waals surface area contributed by atoms with E-state index < -0.39 is 4.92 Å². The zero-order chi connectivity index (χ0) is 15.1. The number of aromatic nitrogens is 2. The Morgan fingerprint density at radius 3 is 2.55 bits per heavy atom. The largest absolute Gasteiger partial charge is 0.368 e. The predicted molar refractivity (Wildman–Crippen MR) is 78.7 cm³/mol. The highest BCUT2D eigenvalue weighted by atomic mass is 16.6. The molecule has 0 aliphatic carbocycles. The van der Waals surface area contributed by atoms with Crippen molar-refractivity contribution in [2.75, 3.05) is 37.2 Å². The maximum absolute atomic E-state index is 11.0. The zero-order valence-corrected chi connectivity index (χ0v) is 12.2. The van der Waals surface area contributed by atoms with Gasteiger partial charge < -0.3 is 16.0 Å². The first-order valence-electron chi connectivity index (χ1n) is 6.74. The van der Waals surface area contributed by atoms with Crippen LogP contribution in [0.15, 0.2) is 0 Å². The molecular formula is C12H22N6O2. The highest BCUT2D eigenvalue weighted by molar-refractivity contribution is 5.60. The molecule has 0 bridgehead atoms. The maximum atomic E-state index is 11.0. The summed E-state index contributed by atoms with van der Waals surface area (Å²) >= 11 is 0. The Morgan fingerprint density at radius 1 is 1.35 bits per heavy atom. The maximum Gasteiger partial charge on any atom is 0.332 e. The third kappa shape index (κ3) is 4.30. The van der Waals surface area contributed by atoms with Gasteiger partial charge in [-0.2, -0.15) is 4.98 Å². The minimum Gasteiger partial charge on any atom is -0.368 e. The van der Waals surface area contributed by atoms with Gasteiger partial charge in [-0.05, 0) is 33.0 Å². The first-order chi connectivity index (χ1) is 9.49. The standard InChI is InChI=1S/C12H22N6O2/c1-4-17(5-2)8-6-7-14-11-10(18(19)20)9(3)15-12(13)16-11/h4-8H2,1-3H3,(H3,13,14,15,16). The lowest BCUT2D eigenvalue weighted by Gasteiger charge is -2.17. The number of aryl methyl sites for hydroxylation is 1. The van der Waals surface area contributed by atoms with Crippen LogP contribution in [0.25, 0.3) is 0 Å². The van der Waals surface area contributed by atoms with E-state index in [9.17, 15) is 10.1 Å². The van der Waals surface area contributed by atoms with Crippen LogP contribution >= 0.6 is 0 Å². The molecule has 1 rings (SSSR count). The van der Waals surface area contributed by atoms with Gasteiger partial charge in [-0.1, -0.05) is 13.8 Å². The number of hydrogen-bond acceptors (Lipinski definition) is 7. The highest BCUT2D eigenvalue weighted by Gasteiger charge is 2.20. The van der Waals surface area contributed by atoms with Crippen LogP contribution in [0.4, 0.5) is 17.5 Å². The third-order valence-corrected chi connectivity index (χ3v) is 3.10. The SMILES string of the molecule is CCN(CC)CCCNc1nc(N)nc(C)c1[N+](=O)[O-]. The molecule has 1 heterocycles. The summed E-state index contributed by atoms with van der Waals surface area (Å²) in [5.74, 6) is 0.235. The van der Waals surface area contributed by atoms with E-state index in [1.807, 2.05) is 0 Å². The lowest BCUT2D eigenvalue weighted by Crippen LogP contribution is -2.25. The van der Waals surface area contributed by atoms with Gasteiger partial charge in [0.05, 0.1) is 4.92 Å². The number of anilines is 2. The molecule has 1 aromatic rings. The molecule has 8 nitrogen and oxygen atoms in total. The molecule has 0 saturated heterocycles. The summed E-state index contributed by atoms with van der Waals surface area (Å²) in [6.45, 7) is 9.30. The number of nitrogens with zero attached hydrogens (tertiary/aromatic N) is 4. The molecular weight excluding hydrogens is 260 g/mol. The quantitative estimate of drug-likeness (QED) is 0.421. The van der Waals surface area contributed by atoms with Crippen LogP contribution in [0.3, 0.4) is 0 Å². The van der Waals surface area contributed by atoms with Gasteiger partial charge in [0.15, 0.2) is 0 Å². The minimum absolute atomic E-state index is 0.0411. The van der Waals surface area contributed by atoms with Crippen molar-refractivity contribution in [3.63, 3.8) is 0 Å². The van der Waals surface area contributed by atoms with Gasteiger partial charge in [-0.15, -0.1) is 0 Å². The van der Waals surface area contributed by atoms with Crippen molar-refractivity contribution >= 4 is 17.5 Å². The first kappa shape index (κ1) is 16.1. The smallest absolute Gasteiger partial charge is 0.332 e. The second-order valence-corrected chi connectivity index (χ2v) is 4.43. The van der Waals surface area contributed by atoms with E-state index in [4.69, 9.17) is 5.73 Å². The molecule has 0 unspecified atom stereocenters. The zero-order valence-electron chi connectivity index (χ0n) is 12.2. The van der Waals surface area contributed by atoms with Crippen molar-refractivity contribution in [3.05, 3.63) is 15.8 Å². The fraction of sp³-hybridized carbons (Fsp3) is 0.667. The van der Waals surface area contributed by atoms with Crippen molar-refractivity contribution in [1.82, 2.24) is 14.9 Å². The van der Waals surface area contributed by atoms with E-state index in [1.165, 1.54) is 0 Å². The first-order valence-corrected chi connectivity index (χ1v) is 6.74. The summed E-state index contributed by atoms with van der Waals surface area (Å²) in [4.78, 5) is 20.6. The summed E-state index contributed by atoms with van der Waals surface area (Å²) in [5.41, 5.74) is 5.69. The fourth-order valence-corrected chi connectivity index (χ4v) is 1.98. The van der Waals surface area contributed by atoms with E-state index in [-0.39, 0.29) is 23.1 Å². The summed E-state index contributed by atoms with van der Waals surface area (Å²) in [6.07, 6.45) is 0.877. The normalized spacial score (nSPS) is 10.8. The van der Waals surface area contributed by atoms with Crippen molar-refractivity contribution in [2.24, 2.45) is 0 Å². The molecule has 0 fully saturated rings. The lowest BCUT2D eigenvalue weighted by atomic mass is 10.3. The second kappa shape index (κ2) is 7.59. The molecule has 0 amide bonds. The fourth-order valence-electron chi connectivity index (χ4n) is 1.98. The van der Waals surface area contributed by atoms with E-state index >= 15 is 0 Å². The van der Waals surface area contributed by atoms with Crippen LogP contribution in [0.5, 0.6) is 0 Å². The second-order valence-electron chi connectivity index (χ2n) is 4.43. The third-order valence-electron chi connectivity index (χ3n) is 3.10. The summed E-state index contributed by atoms with van der Waals surface area (Å²) in [7, 11) is 0. The Kier molecular flexibility index (Phi) is 6.10. The lowest BCUT2D eigenvalue weighted by molar-refractivity contribution is -0.385. The number of nitrogens with two attached hydrogens (primary N) is 1. The predicted octanol–water partition coefficient (Wildman–Crippen LogP) is 1.42. The Labute approximate surface area is 118 Å².